The van der Waals surface area contributed by atoms with Crippen LogP contribution in [0, 0.1) is 11.3 Å². The Hall–Kier alpha value is -1.99. The highest BCUT2D eigenvalue weighted by molar-refractivity contribution is 6.31. The number of carbonyl (C=O) groups excluding carboxylic acids is 1. The van der Waals surface area contributed by atoms with E-state index in [1.54, 1.807) is 25.1 Å². The van der Waals surface area contributed by atoms with Crippen molar-refractivity contribution in [2.24, 2.45) is 0 Å². The Morgan fingerprint density at radius 2 is 2.15 bits per heavy atom. The highest BCUT2D eigenvalue weighted by Gasteiger charge is 2.18. The molecule has 1 aromatic heterocycles. The molecule has 4 nitrogen and oxygen atoms in total. The van der Waals surface area contributed by atoms with Gasteiger partial charge in [-0.3, -0.25) is 0 Å². The van der Waals surface area contributed by atoms with Crippen molar-refractivity contribution in [1.82, 2.24) is 4.98 Å². The van der Waals surface area contributed by atoms with Gasteiger partial charge in [0.2, 0.25) is 0 Å². The molecule has 2 rings (SSSR count). The van der Waals surface area contributed by atoms with E-state index in [1.165, 1.54) is 0 Å². The Labute approximate surface area is 123 Å². The summed E-state index contributed by atoms with van der Waals surface area (Å²) in [6.45, 7) is 6.03. The first kappa shape index (κ1) is 16.1. The Morgan fingerprint density at radius 1 is 1.45 bits per heavy atom. The number of rotatable bonds is 3. The molecule has 0 fully saturated rings. The van der Waals surface area contributed by atoms with E-state index in [4.69, 9.17) is 21.6 Å². The second-order valence-electron chi connectivity index (χ2n) is 3.72. The van der Waals surface area contributed by atoms with Gasteiger partial charge in [0.15, 0.2) is 0 Å². The van der Waals surface area contributed by atoms with Gasteiger partial charge in [-0.25, -0.2) is 4.79 Å². The summed E-state index contributed by atoms with van der Waals surface area (Å²) in [6.07, 6.45) is 0.133. The molecule has 2 aromatic rings. The van der Waals surface area contributed by atoms with Gasteiger partial charge >= 0.3 is 5.97 Å². The van der Waals surface area contributed by atoms with Crippen LogP contribution in [0.2, 0.25) is 5.02 Å². The average molecular weight is 293 g/mol. The van der Waals surface area contributed by atoms with Crippen LogP contribution in [0.15, 0.2) is 18.2 Å². The summed E-state index contributed by atoms with van der Waals surface area (Å²) in [4.78, 5) is 14.8. The summed E-state index contributed by atoms with van der Waals surface area (Å²) in [5.74, 6) is -0.449. The summed E-state index contributed by atoms with van der Waals surface area (Å²) in [7, 11) is 0. The molecule has 0 unspecified atom stereocenters. The molecule has 20 heavy (non-hydrogen) atoms. The van der Waals surface area contributed by atoms with Gasteiger partial charge in [0.25, 0.3) is 0 Å². The van der Waals surface area contributed by atoms with Crippen LogP contribution in [0.4, 0.5) is 0 Å². The molecule has 0 bridgehead atoms. The lowest BCUT2D eigenvalue weighted by Gasteiger charge is -2.01. The fraction of sp³-hybridized carbons (Fsp3) is 0.333. The van der Waals surface area contributed by atoms with E-state index in [0.717, 1.165) is 10.9 Å². The number of nitriles is 1. The summed E-state index contributed by atoms with van der Waals surface area (Å²) in [5, 5.41) is 10.2. The SMILES string of the molecule is CC.CCOC(=O)c1[nH]c2ccc(Cl)cc2c1CC#N. The van der Waals surface area contributed by atoms with Gasteiger partial charge in [-0.15, -0.1) is 0 Å². The van der Waals surface area contributed by atoms with Crippen LogP contribution < -0.4 is 0 Å². The van der Waals surface area contributed by atoms with E-state index in [0.29, 0.717) is 22.9 Å². The van der Waals surface area contributed by atoms with Crippen LogP contribution in [-0.2, 0) is 11.2 Å². The lowest BCUT2D eigenvalue weighted by molar-refractivity contribution is 0.0519. The molecule has 0 saturated carbocycles. The number of esters is 1. The molecule has 0 atom stereocenters. The number of halogens is 1. The third kappa shape index (κ3) is 3.31. The topological polar surface area (TPSA) is 65.9 Å². The van der Waals surface area contributed by atoms with Crippen LogP contribution in [0.1, 0.15) is 36.8 Å². The molecule has 0 aliphatic heterocycles. The molecule has 0 saturated heterocycles. The fourth-order valence-corrected chi connectivity index (χ4v) is 2.03. The van der Waals surface area contributed by atoms with Crippen LogP contribution in [0.5, 0.6) is 0 Å². The molecule has 5 heteroatoms. The van der Waals surface area contributed by atoms with Crippen molar-refractivity contribution in [2.75, 3.05) is 6.61 Å². The maximum atomic E-state index is 11.8. The number of aromatic nitrogens is 1. The van der Waals surface area contributed by atoms with E-state index in [1.807, 2.05) is 19.9 Å². The van der Waals surface area contributed by atoms with Crippen LogP contribution in [0.25, 0.3) is 10.9 Å². The average Bonchev–Trinajstić information content (AvgIpc) is 2.80. The van der Waals surface area contributed by atoms with Crippen molar-refractivity contribution in [3.05, 3.63) is 34.5 Å². The Kier molecular flexibility index (Phi) is 6.08. The van der Waals surface area contributed by atoms with Crippen molar-refractivity contribution in [1.29, 1.82) is 5.26 Å². The first-order chi connectivity index (χ1) is 9.67. The minimum atomic E-state index is -0.449. The van der Waals surface area contributed by atoms with E-state index in [9.17, 15) is 4.79 Å². The third-order valence-electron chi connectivity index (χ3n) is 2.60. The highest BCUT2D eigenvalue weighted by atomic mass is 35.5. The molecule has 0 aliphatic rings. The third-order valence-corrected chi connectivity index (χ3v) is 2.84. The largest absolute Gasteiger partial charge is 0.461 e. The Bertz CT molecular complexity index is 641. The van der Waals surface area contributed by atoms with Crippen molar-refractivity contribution in [2.45, 2.75) is 27.2 Å². The number of H-pyrrole nitrogens is 1. The van der Waals surface area contributed by atoms with Crippen LogP contribution in [0.3, 0.4) is 0 Å². The summed E-state index contributed by atoms with van der Waals surface area (Å²) in [6, 6.07) is 7.29. The van der Waals surface area contributed by atoms with E-state index in [2.05, 4.69) is 4.98 Å². The second kappa shape index (κ2) is 7.56. The number of fused-ring (bicyclic) bond motifs is 1. The number of hydrogen-bond acceptors (Lipinski definition) is 3. The van der Waals surface area contributed by atoms with E-state index < -0.39 is 5.97 Å². The van der Waals surface area contributed by atoms with Crippen molar-refractivity contribution >= 4 is 28.5 Å². The summed E-state index contributed by atoms with van der Waals surface area (Å²) < 4.78 is 4.96. The molecule has 1 N–H and O–H groups in total. The second-order valence-corrected chi connectivity index (χ2v) is 4.16. The number of hydrogen-bond donors (Lipinski definition) is 1. The first-order valence-corrected chi connectivity index (χ1v) is 6.89. The summed E-state index contributed by atoms with van der Waals surface area (Å²) in [5.41, 5.74) is 1.73. The molecule has 0 aliphatic carbocycles. The van der Waals surface area contributed by atoms with Gasteiger partial charge in [-0.05, 0) is 25.1 Å². The minimum Gasteiger partial charge on any atom is -0.461 e. The predicted octanol–water partition coefficient (Wildman–Crippen LogP) is 4.09. The summed E-state index contributed by atoms with van der Waals surface area (Å²) >= 11 is 5.93. The fourth-order valence-electron chi connectivity index (χ4n) is 1.86. The van der Waals surface area contributed by atoms with Crippen LogP contribution >= 0.6 is 11.6 Å². The maximum Gasteiger partial charge on any atom is 0.355 e. The zero-order valence-corrected chi connectivity index (χ0v) is 12.5. The lowest BCUT2D eigenvalue weighted by Crippen LogP contribution is -2.07. The minimum absolute atomic E-state index is 0.133. The predicted molar refractivity (Wildman–Crippen MR) is 79.9 cm³/mol. The Balaban J connectivity index is 0.000000956. The normalized spacial score (nSPS) is 9.55. The van der Waals surface area contributed by atoms with Gasteiger partial charge in [0.05, 0.1) is 19.1 Å². The number of carbonyl (C=O) groups is 1. The molecule has 1 aromatic carbocycles. The molecule has 106 valence electrons. The zero-order chi connectivity index (χ0) is 15.1. The first-order valence-electron chi connectivity index (χ1n) is 6.51. The quantitative estimate of drug-likeness (QED) is 0.866. The van der Waals surface area contributed by atoms with Gasteiger partial charge in [-0.1, -0.05) is 25.4 Å². The number of nitrogens with one attached hydrogen (secondary N) is 1. The monoisotopic (exact) mass is 292 g/mol. The van der Waals surface area contributed by atoms with E-state index in [-0.39, 0.29) is 6.42 Å². The standard InChI is InChI=1S/C13H11ClN2O2.C2H6/c1-2-18-13(17)12-9(5-6-15)10-7-8(14)3-4-11(10)16-12;1-2/h3-4,7,16H,2,5H2,1H3;1-2H3. The van der Waals surface area contributed by atoms with Crippen LogP contribution in [-0.4, -0.2) is 17.6 Å². The van der Waals surface area contributed by atoms with Crippen molar-refractivity contribution in [3.8, 4) is 6.07 Å². The zero-order valence-electron chi connectivity index (χ0n) is 11.8. The van der Waals surface area contributed by atoms with E-state index >= 15 is 0 Å². The molecular weight excluding hydrogens is 276 g/mol. The molecular formula is C15H17ClN2O2. The smallest absolute Gasteiger partial charge is 0.355 e. The van der Waals surface area contributed by atoms with Gasteiger partial charge < -0.3 is 9.72 Å². The molecule has 0 spiro atoms. The van der Waals surface area contributed by atoms with Gasteiger partial charge in [0, 0.05) is 21.5 Å². The molecule has 0 amide bonds. The van der Waals surface area contributed by atoms with Gasteiger partial charge in [0.1, 0.15) is 5.69 Å². The molecule has 0 radical (unpaired) electrons. The maximum absolute atomic E-state index is 11.8. The number of nitrogens with zero attached hydrogens (tertiary/aromatic N) is 1. The Morgan fingerprint density at radius 3 is 2.75 bits per heavy atom. The molecule has 1 heterocycles. The number of ether oxygens (including phenoxy) is 1. The highest BCUT2D eigenvalue weighted by Crippen LogP contribution is 2.26. The van der Waals surface area contributed by atoms with Crippen molar-refractivity contribution in [3.63, 3.8) is 0 Å². The number of benzene rings is 1. The van der Waals surface area contributed by atoms with Gasteiger partial charge in [-0.2, -0.15) is 5.26 Å². The lowest BCUT2D eigenvalue weighted by atomic mass is 10.1. The van der Waals surface area contributed by atoms with Crippen molar-refractivity contribution < 1.29 is 9.53 Å². The number of aromatic amines is 1.